The third kappa shape index (κ3) is 0.845. The lowest BCUT2D eigenvalue weighted by Gasteiger charge is -2.26. The monoisotopic (exact) mass is 159 g/mol. The molecule has 0 N–H and O–H groups in total. The molecular formula is C11H13N. The topological polar surface area (TPSA) is 23.8 Å². The van der Waals surface area contributed by atoms with Gasteiger partial charge in [0.05, 0.1) is 11.5 Å². The van der Waals surface area contributed by atoms with Gasteiger partial charge >= 0.3 is 0 Å². The summed E-state index contributed by atoms with van der Waals surface area (Å²) in [7, 11) is 0. The lowest BCUT2D eigenvalue weighted by atomic mass is 9.74. The van der Waals surface area contributed by atoms with E-state index in [9.17, 15) is 0 Å². The van der Waals surface area contributed by atoms with Crippen molar-refractivity contribution in [1.82, 2.24) is 0 Å². The van der Waals surface area contributed by atoms with Gasteiger partial charge in [-0.15, -0.1) is 6.58 Å². The smallest absolute Gasteiger partial charge is 0.0699 e. The average molecular weight is 159 g/mol. The highest BCUT2D eigenvalue weighted by atomic mass is 14.5. The van der Waals surface area contributed by atoms with E-state index in [1.54, 1.807) is 0 Å². The molecule has 1 saturated carbocycles. The van der Waals surface area contributed by atoms with Crippen molar-refractivity contribution in [2.24, 2.45) is 17.3 Å². The first kappa shape index (κ1) is 7.61. The fourth-order valence-electron chi connectivity index (χ4n) is 2.62. The maximum Gasteiger partial charge on any atom is 0.0699 e. The fraction of sp³-hybridized carbons (Fsp3) is 0.545. The summed E-state index contributed by atoms with van der Waals surface area (Å²) in [5.74, 6) is 1.18. The summed E-state index contributed by atoms with van der Waals surface area (Å²) in [5.41, 5.74) is -0.0961. The van der Waals surface area contributed by atoms with Gasteiger partial charge in [-0.2, -0.15) is 5.26 Å². The number of hydrogen-bond donors (Lipinski definition) is 0. The molecule has 1 heteroatoms. The second-order valence-corrected chi connectivity index (χ2v) is 3.95. The second kappa shape index (κ2) is 2.48. The molecule has 0 unspecified atom stereocenters. The lowest BCUT2D eigenvalue weighted by molar-refractivity contribution is 0.331. The summed E-state index contributed by atoms with van der Waals surface area (Å²) in [6, 6.07) is 2.49. The van der Waals surface area contributed by atoms with Crippen LogP contribution in [-0.4, -0.2) is 0 Å². The Morgan fingerprint density at radius 1 is 1.67 bits per heavy atom. The van der Waals surface area contributed by atoms with Crippen LogP contribution in [0.1, 0.15) is 19.3 Å². The highest BCUT2D eigenvalue weighted by Crippen LogP contribution is 2.53. The van der Waals surface area contributed by atoms with E-state index in [1.807, 2.05) is 6.08 Å². The van der Waals surface area contributed by atoms with Gasteiger partial charge in [0.25, 0.3) is 0 Å². The van der Waals surface area contributed by atoms with E-state index in [2.05, 4.69) is 24.8 Å². The molecule has 3 atom stereocenters. The second-order valence-electron chi connectivity index (χ2n) is 3.95. The zero-order chi connectivity index (χ0) is 8.60. The van der Waals surface area contributed by atoms with Crippen LogP contribution in [0.15, 0.2) is 24.8 Å². The summed E-state index contributed by atoms with van der Waals surface area (Å²) in [6.45, 7) is 3.73. The predicted molar refractivity (Wildman–Crippen MR) is 48.2 cm³/mol. The first-order valence-electron chi connectivity index (χ1n) is 4.51. The van der Waals surface area contributed by atoms with Crippen LogP contribution in [0.5, 0.6) is 0 Å². The number of allylic oxidation sites excluding steroid dienone is 3. The van der Waals surface area contributed by atoms with Gasteiger partial charge in [-0.3, -0.25) is 0 Å². The van der Waals surface area contributed by atoms with Crippen LogP contribution in [0.2, 0.25) is 0 Å². The molecule has 1 nitrogen and oxygen atoms in total. The highest BCUT2D eigenvalue weighted by Gasteiger charge is 2.47. The molecule has 0 amide bonds. The minimum absolute atomic E-state index is 0.0961. The zero-order valence-electron chi connectivity index (χ0n) is 7.16. The number of hydrogen-bond acceptors (Lipinski definition) is 1. The normalized spacial score (nSPS) is 42.9. The van der Waals surface area contributed by atoms with E-state index in [1.165, 1.54) is 6.42 Å². The van der Waals surface area contributed by atoms with Gasteiger partial charge in [-0.25, -0.2) is 0 Å². The Morgan fingerprint density at radius 2 is 2.50 bits per heavy atom. The fourth-order valence-corrected chi connectivity index (χ4v) is 2.62. The Kier molecular flexibility index (Phi) is 1.58. The number of fused-ring (bicyclic) bond motifs is 2. The Labute approximate surface area is 73.4 Å². The molecule has 62 valence electrons. The molecule has 0 saturated heterocycles. The maximum absolute atomic E-state index is 9.14. The summed E-state index contributed by atoms with van der Waals surface area (Å²) in [6.07, 6.45) is 9.48. The van der Waals surface area contributed by atoms with Crippen molar-refractivity contribution in [1.29, 1.82) is 5.26 Å². The van der Waals surface area contributed by atoms with E-state index in [0.717, 1.165) is 12.8 Å². The lowest BCUT2D eigenvalue weighted by Crippen LogP contribution is -2.22. The molecule has 2 rings (SSSR count). The van der Waals surface area contributed by atoms with Crippen LogP contribution in [0.3, 0.4) is 0 Å². The van der Waals surface area contributed by atoms with Crippen molar-refractivity contribution >= 4 is 0 Å². The van der Waals surface area contributed by atoms with Crippen molar-refractivity contribution < 1.29 is 0 Å². The van der Waals surface area contributed by atoms with E-state index in [-0.39, 0.29) is 5.41 Å². The Bertz CT molecular complexity index is 271. The molecule has 2 aliphatic rings. The number of rotatable bonds is 2. The molecule has 0 radical (unpaired) electrons. The minimum atomic E-state index is -0.0961. The van der Waals surface area contributed by atoms with Crippen molar-refractivity contribution in [3.63, 3.8) is 0 Å². The van der Waals surface area contributed by atoms with Gasteiger partial charge in [0, 0.05) is 0 Å². The van der Waals surface area contributed by atoms with Gasteiger partial charge in [-0.05, 0) is 31.1 Å². The largest absolute Gasteiger partial charge is 0.198 e. The van der Waals surface area contributed by atoms with Gasteiger partial charge in [-0.1, -0.05) is 18.2 Å². The van der Waals surface area contributed by atoms with Crippen LogP contribution in [-0.2, 0) is 0 Å². The van der Waals surface area contributed by atoms with Crippen LogP contribution in [0, 0.1) is 28.6 Å². The van der Waals surface area contributed by atoms with Gasteiger partial charge in [0.1, 0.15) is 0 Å². The minimum Gasteiger partial charge on any atom is -0.198 e. The van der Waals surface area contributed by atoms with Gasteiger partial charge < -0.3 is 0 Å². The first-order chi connectivity index (χ1) is 5.80. The molecule has 2 bridgehead atoms. The number of nitriles is 1. The molecular weight excluding hydrogens is 146 g/mol. The van der Waals surface area contributed by atoms with Crippen LogP contribution in [0.4, 0.5) is 0 Å². The zero-order valence-corrected chi connectivity index (χ0v) is 7.16. The van der Waals surface area contributed by atoms with E-state index in [0.29, 0.717) is 11.8 Å². The van der Waals surface area contributed by atoms with E-state index < -0.39 is 0 Å². The molecule has 0 heterocycles. The Balaban J connectivity index is 2.26. The summed E-state index contributed by atoms with van der Waals surface area (Å²) < 4.78 is 0. The maximum atomic E-state index is 9.14. The van der Waals surface area contributed by atoms with Crippen molar-refractivity contribution in [3.8, 4) is 6.07 Å². The average Bonchev–Trinajstić information content (AvgIpc) is 2.64. The molecule has 0 aromatic heterocycles. The quantitative estimate of drug-likeness (QED) is 0.568. The van der Waals surface area contributed by atoms with Crippen LogP contribution >= 0.6 is 0 Å². The molecule has 0 aliphatic heterocycles. The van der Waals surface area contributed by atoms with Crippen molar-refractivity contribution in [2.75, 3.05) is 0 Å². The van der Waals surface area contributed by atoms with E-state index >= 15 is 0 Å². The molecule has 2 aliphatic carbocycles. The summed E-state index contributed by atoms with van der Waals surface area (Å²) in [5, 5.41) is 9.14. The summed E-state index contributed by atoms with van der Waals surface area (Å²) >= 11 is 0. The highest BCUT2D eigenvalue weighted by molar-refractivity contribution is 5.23. The molecule has 1 fully saturated rings. The van der Waals surface area contributed by atoms with Gasteiger partial charge in [0.2, 0.25) is 0 Å². The predicted octanol–water partition coefficient (Wildman–Crippen LogP) is 2.67. The molecule has 12 heavy (non-hydrogen) atoms. The SMILES string of the molecule is C=CC[C@]1(C#N)C[C@@H]2C=C[C@H]1C2. The molecule has 0 aromatic rings. The molecule has 0 aromatic carbocycles. The third-order valence-electron chi connectivity index (χ3n) is 3.24. The van der Waals surface area contributed by atoms with Gasteiger partial charge in [0.15, 0.2) is 0 Å². The first-order valence-corrected chi connectivity index (χ1v) is 4.51. The molecule has 0 spiro atoms. The third-order valence-corrected chi connectivity index (χ3v) is 3.24. The standard InChI is InChI=1S/C11H13N/c1-2-5-11(8-12)7-9-3-4-10(11)6-9/h2-4,9-10H,1,5-7H2/t9-,10+,11-/m1/s1. The van der Waals surface area contributed by atoms with Crippen LogP contribution in [0.25, 0.3) is 0 Å². The van der Waals surface area contributed by atoms with E-state index in [4.69, 9.17) is 5.26 Å². The van der Waals surface area contributed by atoms with Crippen molar-refractivity contribution in [3.05, 3.63) is 24.8 Å². The Morgan fingerprint density at radius 3 is 2.92 bits per heavy atom. The number of nitrogens with zero attached hydrogens (tertiary/aromatic N) is 1. The Hall–Kier alpha value is -1.03. The van der Waals surface area contributed by atoms with Crippen LogP contribution < -0.4 is 0 Å². The van der Waals surface area contributed by atoms with Crippen molar-refractivity contribution in [2.45, 2.75) is 19.3 Å². The summed E-state index contributed by atoms with van der Waals surface area (Å²) in [4.78, 5) is 0.